The van der Waals surface area contributed by atoms with Gasteiger partial charge in [-0.3, -0.25) is 4.84 Å². The Morgan fingerprint density at radius 2 is 2.14 bits per heavy atom. The SMILES string of the molecule is CCC1C=CCN(c2ccccc2)O1. The van der Waals surface area contributed by atoms with Gasteiger partial charge in [-0.15, -0.1) is 0 Å². The molecule has 1 aliphatic rings. The van der Waals surface area contributed by atoms with Crippen LogP contribution in [0.2, 0.25) is 0 Å². The van der Waals surface area contributed by atoms with Crippen molar-refractivity contribution in [3.05, 3.63) is 42.5 Å². The van der Waals surface area contributed by atoms with E-state index in [1.54, 1.807) is 0 Å². The maximum absolute atomic E-state index is 5.77. The van der Waals surface area contributed by atoms with Gasteiger partial charge in [-0.2, -0.15) is 0 Å². The van der Waals surface area contributed by atoms with Crippen LogP contribution in [0.1, 0.15) is 13.3 Å². The number of nitrogens with zero attached hydrogens (tertiary/aromatic N) is 1. The van der Waals surface area contributed by atoms with Crippen molar-refractivity contribution in [2.24, 2.45) is 0 Å². The van der Waals surface area contributed by atoms with E-state index < -0.39 is 0 Å². The minimum absolute atomic E-state index is 0.226. The van der Waals surface area contributed by atoms with E-state index >= 15 is 0 Å². The number of hydrogen-bond donors (Lipinski definition) is 0. The van der Waals surface area contributed by atoms with Gasteiger partial charge >= 0.3 is 0 Å². The van der Waals surface area contributed by atoms with Crippen LogP contribution in [-0.4, -0.2) is 12.6 Å². The molecule has 2 heteroatoms. The molecule has 0 spiro atoms. The average molecular weight is 189 g/mol. The van der Waals surface area contributed by atoms with E-state index in [1.807, 2.05) is 23.3 Å². The number of benzene rings is 1. The van der Waals surface area contributed by atoms with Gasteiger partial charge in [0.1, 0.15) is 6.10 Å². The van der Waals surface area contributed by atoms with E-state index in [1.165, 1.54) is 0 Å². The zero-order valence-electron chi connectivity index (χ0n) is 8.39. The minimum atomic E-state index is 0.226. The summed E-state index contributed by atoms with van der Waals surface area (Å²) in [5.41, 5.74) is 1.12. The largest absolute Gasteiger partial charge is 0.266 e. The lowest BCUT2D eigenvalue weighted by molar-refractivity contribution is 0.0568. The Morgan fingerprint density at radius 3 is 2.86 bits per heavy atom. The Morgan fingerprint density at radius 1 is 1.36 bits per heavy atom. The summed E-state index contributed by atoms with van der Waals surface area (Å²) in [7, 11) is 0. The molecule has 0 fully saturated rings. The molecule has 0 saturated heterocycles. The van der Waals surface area contributed by atoms with E-state index in [9.17, 15) is 0 Å². The molecule has 14 heavy (non-hydrogen) atoms. The molecule has 2 rings (SSSR count). The normalized spacial score (nSPS) is 21.2. The van der Waals surface area contributed by atoms with Crippen LogP contribution in [0.4, 0.5) is 5.69 Å². The Hall–Kier alpha value is -1.28. The number of para-hydroxylation sites is 1. The highest BCUT2D eigenvalue weighted by Crippen LogP contribution is 2.19. The summed E-state index contributed by atoms with van der Waals surface area (Å²) >= 11 is 0. The maximum Gasteiger partial charge on any atom is 0.104 e. The monoisotopic (exact) mass is 189 g/mol. The van der Waals surface area contributed by atoms with Gasteiger partial charge in [0.2, 0.25) is 0 Å². The molecule has 0 saturated carbocycles. The lowest BCUT2D eigenvalue weighted by atomic mass is 10.2. The fourth-order valence-corrected chi connectivity index (χ4v) is 1.52. The van der Waals surface area contributed by atoms with Crippen molar-refractivity contribution in [2.45, 2.75) is 19.4 Å². The molecule has 0 bridgehead atoms. The van der Waals surface area contributed by atoms with Crippen molar-refractivity contribution in [1.82, 2.24) is 0 Å². The van der Waals surface area contributed by atoms with Crippen molar-refractivity contribution in [1.29, 1.82) is 0 Å². The first-order valence-corrected chi connectivity index (χ1v) is 5.06. The Bertz CT molecular complexity index is 307. The third kappa shape index (κ3) is 1.96. The van der Waals surface area contributed by atoms with E-state index in [0.29, 0.717) is 0 Å². The van der Waals surface area contributed by atoms with Crippen molar-refractivity contribution in [3.63, 3.8) is 0 Å². The second-order valence-corrected chi connectivity index (χ2v) is 3.38. The molecule has 1 unspecified atom stereocenters. The highest BCUT2D eigenvalue weighted by molar-refractivity contribution is 5.44. The standard InChI is InChI=1S/C12H15NO/c1-2-12-9-6-10-13(14-12)11-7-4-3-5-8-11/h3-9,12H,2,10H2,1H3. The summed E-state index contributed by atoms with van der Waals surface area (Å²) in [4.78, 5) is 5.77. The van der Waals surface area contributed by atoms with Gasteiger partial charge in [0.15, 0.2) is 0 Å². The smallest absolute Gasteiger partial charge is 0.104 e. The molecule has 0 radical (unpaired) electrons. The molecule has 0 aliphatic carbocycles. The summed E-state index contributed by atoms with van der Waals surface area (Å²) in [5, 5.41) is 1.94. The van der Waals surface area contributed by atoms with Gasteiger partial charge in [0.25, 0.3) is 0 Å². The quantitative estimate of drug-likeness (QED) is 0.663. The summed E-state index contributed by atoms with van der Waals surface area (Å²) in [6.07, 6.45) is 5.52. The van der Waals surface area contributed by atoms with Crippen LogP contribution in [0.25, 0.3) is 0 Å². The van der Waals surface area contributed by atoms with Crippen LogP contribution in [0, 0.1) is 0 Å². The third-order valence-corrected chi connectivity index (χ3v) is 2.33. The minimum Gasteiger partial charge on any atom is -0.266 e. The summed E-state index contributed by atoms with van der Waals surface area (Å²) in [6, 6.07) is 10.2. The fraction of sp³-hybridized carbons (Fsp3) is 0.333. The molecule has 1 aromatic carbocycles. The lowest BCUT2D eigenvalue weighted by Crippen LogP contribution is -2.32. The number of rotatable bonds is 2. The van der Waals surface area contributed by atoms with Crippen LogP contribution < -0.4 is 5.06 Å². The zero-order valence-corrected chi connectivity index (χ0v) is 8.39. The van der Waals surface area contributed by atoms with Crippen LogP contribution in [-0.2, 0) is 4.84 Å². The molecule has 0 aromatic heterocycles. The van der Waals surface area contributed by atoms with Gasteiger partial charge < -0.3 is 0 Å². The number of hydrogen-bond acceptors (Lipinski definition) is 2. The van der Waals surface area contributed by atoms with Crippen LogP contribution in [0.15, 0.2) is 42.5 Å². The summed E-state index contributed by atoms with van der Waals surface area (Å²) in [6.45, 7) is 2.96. The molecular formula is C12H15NO. The van der Waals surface area contributed by atoms with Gasteiger partial charge in [-0.05, 0) is 18.6 Å². The first-order valence-electron chi connectivity index (χ1n) is 5.06. The van der Waals surface area contributed by atoms with Gasteiger partial charge in [0.05, 0.1) is 12.2 Å². The number of anilines is 1. The Kier molecular flexibility index (Phi) is 2.84. The Labute approximate surface area is 84.8 Å². The average Bonchev–Trinajstić information content (AvgIpc) is 2.30. The molecule has 1 heterocycles. The molecule has 74 valence electrons. The van der Waals surface area contributed by atoms with Gasteiger partial charge in [-0.1, -0.05) is 37.3 Å². The first kappa shape index (κ1) is 9.28. The Balaban J connectivity index is 2.10. The molecule has 0 amide bonds. The molecule has 1 aliphatic heterocycles. The topological polar surface area (TPSA) is 12.5 Å². The summed E-state index contributed by atoms with van der Waals surface area (Å²) in [5.74, 6) is 0. The second kappa shape index (κ2) is 4.29. The molecule has 1 aromatic rings. The van der Waals surface area contributed by atoms with Gasteiger partial charge in [0, 0.05) is 0 Å². The predicted octanol–water partition coefficient (Wildman–Crippen LogP) is 2.77. The van der Waals surface area contributed by atoms with Crippen LogP contribution in [0.3, 0.4) is 0 Å². The van der Waals surface area contributed by atoms with E-state index in [0.717, 1.165) is 18.7 Å². The van der Waals surface area contributed by atoms with Crippen molar-refractivity contribution in [3.8, 4) is 0 Å². The maximum atomic E-state index is 5.77. The second-order valence-electron chi connectivity index (χ2n) is 3.38. The molecule has 0 N–H and O–H groups in total. The van der Waals surface area contributed by atoms with Gasteiger partial charge in [-0.25, -0.2) is 5.06 Å². The van der Waals surface area contributed by atoms with Crippen molar-refractivity contribution < 1.29 is 4.84 Å². The van der Waals surface area contributed by atoms with E-state index in [-0.39, 0.29) is 6.10 Å². The molecular weight excluding hydrogens is 174 g/mol. The van der Waals surface area contributed by atoms with Crippen LogP contribution in [0.5, 0.6) is 0 Å². The van der Waals surface area contributed by atoms with Crippen molar-refractivity contribution >= 4 is 5.69 Å². The highest BCUT2D eigenvalue weighted by atomic mass is 16.7. The predicted molar refractivity (Wildman–Crippen MR) is 58.1 cm³/mol. The third-order valence-electron chi connectivity index (χ3n) is 2.33. The fourth-order valence-electron chi connectivity index (χ4n) is 1.52. The first-order chi connectivity index (χ1) is 6.90. The zero-order chi connectivity index (χ0) is 9.80. The van der Waals surface area contributed by atoms with E-state index in [2.05, 4.69) is 31.2 Å². The molecule has 1 atom stereocenters. The van der Waals surface area contributed by atoms with E-state index in [4.69, 9.17) is 4.84 Å². The number of hydroxylamine groups is 1. The van der Waals surface area contributed by atoms with Crippen molar-refractivity contribution in [2.75, 3.05) is 11.6 Å². The van der Waals surface area contributed by atoms with Crippen LogP contribution >= 0.6 is 0 Å². The lowest BCUT2D eigenvalue weighted by Gasteiger charge is -2.29. The highest BCUT2D eigenvalue weighted by Gasteiger charge is 2.14. The summed E-state index contributed by atoms with van der Waals surface area (Å²) < 4.78 is 0. The molecule has 2 nitrogen and oxygen atoms in total.